The first-order valence-electron chi connectivity index (χ1n) is 21.4. The van der Waals surface area contributed by atoms with Gasteiger partial charge in [0.1, 0.15) is 0 Å². The first-order valence-corrected chi connectivity index (χ1v) is 21.4. The SMILES string of the molecule is c1ccc2c(c1)cc(-c1c3ccccc3c(-c3cc4ccccc4c4ccccc34)c3cc(-c4ccc(-c5cccc6ccc7cccnc7c56)cc4)ccc13)c1ccccc12. The van der Waals surface area contributed by atoms with Crippen LogP contribution in [0.1, 0.15) is 0 Å². The van der Waals surface area contributed by atoms with Crippen LogP contribution < -0.4 is 0 Å². The largest absolute Gasteiger partial charge is 0.256 e. The summed E-state index contributed by atoms with van der Waals surface area (Å²) in [7, 11) is 0. The molecule has 0 N–H and O–H groups in total. The summed E-state index contributed by atoms with van der Waals surface area (Å²) in [5.74, 6) is 0. The first kappa shape index (κ1) is 34.7. The lowest BCUT2D eigenvalue weighted by molar-refractivity contribution is 1.43. The summed E-state index contributed by atoms with van der Waals surface area (Å²) in [5.41, 5.74) is 10.8. The molecular formula is C61H37N. The number of fused-ring (bicyclic) bond motifs is 11. The van der Waals surface area contributed by atoms with Crippen LogP contribution in [0.15, 0.2) is 225 Å². The van der Waals surface area contributed by atoms with Gasteiger partial charge in [-0.15, -0.1) is 0 Å². The zero-order valence-corrected chi connectivity index (χ0v) is 33.8. The van der Waals surface area contributed by atoms with Crippen LogP contribution in [0.3, 0.4) is 0 Å². The van der Waals surface area contributed by atoms with E-state index >= 15 is 0 Å². The second kappa shape index (κ2) is 13.7. The Morgan fingerprint density at radius 3 is 1.35 bits per heavy atom. The molecule has 286 valence electrons. The molecule has 1 nitrogen and oxygen atoms in total. The molecule has 1 heteroatoms. The van der Waals surface area contributed by atoms with Gasteiger partial charge in [-0.3, -0.25) is 4.98 Å². The quantitative estimate of drug-likeness (QED) is 0.128. The summed E-state index contributed by atoms with van der Waals surface area (Å²) in [4.78, 5) is 4.84. The fraction of sp³-hybridized carbons (Fsp3) is 0. The van der Waals surface area contributed by atoms with Gasteiger partial charge in [-0.25, -0.2) is 0 Å². The van der Waals surface area contributed by atoms with Gasteiger partial charge in [0, 0.05) is 17.0 Å². The van der Waals surface area contributed by atoms with Gasteiger partial charge >= 0.3 is 0 Å². The zero-order valence-electron chi connectivity index (χ0n) is 33.8. The van der Waals surface area contributed by atoms with Crippen molar-refractivity contribution < 1.29 is 0 Å². The van der Waals surface area contributed by atoms with Gasteiger partial charge in [-0.05, 0) is 139 Å². The third-order valence-electron chi connectivity index (χ3n) is 13.2. The first-order chi connectivity index (χ1) is 30.8. The molecule has 0 amide bonds. The molecule has 0 aliphatic rings. The van der Waals surface area contributed by atoms with Crippen molar-refractivity contribution in [2.24, 2.45) is 0 Å². The van der Waals surface area contributed by atoms with Crippen LogP contribution in [0.4, 0.5) is 0 Å². The molecule has 0 spiro atoms. The van der Waals surface area contributed by atoms with E-state index in [0.29, 0.717) is 0 Å². The molecule has 13 rings (SSSR count). The summed E-state index contributed by atoms with van der Waals surface area (Å²) in [6, 6.07) is 80.8. The highest BCUT2D eigenvalue weighted by molar-refractivity contribution is 6.28. The van der Waals surface area contributed by atoms with Crippen molar-refractivity contribution in [2.75, 3.05) is 0 Å². The normalized spacial score (nSPS) is 11.9. The molecule has 0 atom stereocenters. The average Bonchev–Trinajstić information content (AvgIpc) is 3.35. The van der Waals surface area contributed by atoms with E-state index in [1.807, 2.05) is 12.3 Å². The lowest BCUT2D eigenvalue weighted by Crippen LogP contribution is -1.94. The predicted molar refractivity (Wildman–Crippen MR) is 266 cm³/mol. The Bertz CT molecular complexity index is 3970. The van der Waals surface area contributed by atoms with Gasteiger partial charge in [-0.2, -0.15) is 0 Å². The number of hydrogen-bond donors (Lipinski definition) is 0. The molecule has 1 heterocycles. The number of aromatic nitrogens is 1. The van der Waals surface area contributed by atoms with E-state index in [2.05, 4.69) is 212 Å². The van der Waals surface area contributed by atoms with Crippen molar-refractivity contribution in [3.8, 4) is 44.5 Å². The van der Waals surface area contributed by atoms with Gasteiger partial charge in [0.05, 0.1) is 5.52 Å². The van der Waals surface area contributed by atoms with Crippen LogP contribution in [0.5, 0.6) is 0 Å². The number of benzene rings is 12. The van der Waals surface area contributed by atoms with Gasteiger partial charge in [0.2, 0.25) is 0 Å². The highest BCUT2D eigenvalue weighted by Crippen LogP contribution is 2.49. The molecule has 12 aromatic carbocycles. The Labute approximate surface area is 358 Å². The Morgan fingerprint density at radius 1 is 0.242 bits per heavy atom. The van der Waals surface area contributed by atoms with Crippen molar-refractivity contribution in [2.45, 2.75) is 0 Å². The highest BCUT2D eigenvalue weighted by Gasteiger charge is 2.22. The molecule has 62 heavy (non-hydrogen) atoms. The topological polar surface area (TPSA) is 12.9 Å². The minimum Gasteiger partial charge on any atom is -0.256 e. The fourth-order valence-electron chi connectivity index (χ4n) is 10.5. The van der Waals surface area contributed by atoms with E-state index in [4.69, 9.17) is 4.98 Å². The summed E-state index contributed by atoms with van der Waals surface area (Å²) < 4.78 is 0. The highest BCUT2D eigenvalue weighted by atomic mass is 14.6. The molecule has 1 aromatic heterocycles. The minimum atomic E-state index is 1.04. The van der Waals surface area contributed by atoms with Crippen LogP contribution in [0, 0.1) is 0 Å². The third kappa shape index (κ3) is 5.25. The fourth-order valence-corrected chi connectivity index (χ4v) is 10.5. The minimum absolute atomic E-state index is 1.04. The standard InChI is InChI=1S/C61H37N/c1-3-17-45-43(13-1)36-55(50-21-7-5-19-48(45)50)59-52-23-9-10-24-53(52)60(56-37-44-14-2-4-18-46(44)49-20-6-8-22-51(49)56)57-35-42(32-33-54(57)59)38-26-28-39(29-27-38)47-25-11-15-40-30-31-41-16-12-34-62-61(41)58(40)47/h1-37H. The van der Waals surface area contributed by atoms with Crippen molar-refractivity contribution in [3.05, 3.63) is 225 Å². The molecule has 0 saturated carbocycles. The van der Waals surface area contributed by atoms with E-state index in [0.717, 1.165) is 10.9 Å². The van der Waals surface area contributed by atoms with E-state index in [1.54, 1.807) is 0 Å². The Hall–Kier alpha value is -8.13. The lowest BCUT2D eigenvalue weighted by atomic mass is 9.81. The molecule has 0 radical (unpaired) electrons. The number of rotatable bonds is 4. The van der Waals surface area contributed by atoms with Crippen molar-refractivity contribution >= 4 is 86.3 Å². The second-order valence-corrected chi connectivity index (χ2v) is 16.6. The lowest BCUT2D eigenvalue weighted by Gasteiger charge is -2.21. The molecule has 0 saturated heterocycles. The smallest absolute Gasteiger partial charge is 0.0786 e. The molecule has 0 aliphatic carbocycles. The van der Waals surface area contributed by atoms with Gasteiger partial charge < -0.3 is 0 Å². The average molecular weight is 784 g/mol. The van der Waals surface area contributed by atoms with E-state index in [-0.39, 0.29) is 0 Å². The molecule has 0 bridgehead atoms. The van der Waals surface area contributed by atoms with Gasteiger partial charge in [0.25, 0.3) is 0 Å². The van der Waals surface area contributed by atoms with E-state index in [9.17, 15) is 0 Å². The van der Waals surface area contributed by atoms with Gasteiger partial charge in [0.15, 0.2) is 0 Å². The van der Waals surface area contributed by atoms with Crippen molar-refractivity contribution in [3.63, 3.8) is 0 Å². The van der Waals surface area contributed by atoms with Gasteiger partial charge in [-0.1, -0.05) is 194 Å². The number of nitrogens with zero attached hydrogens (tertiary/aromatic N) is 1. The number of hydrogen-bond acceptors (Lipinski definition) is 1. The summed E-state index contributed by atoms with van der Waals surface area (Å²) in [6.07, 6.45) is 1.90. The Morgan fingerprint density at radius 2 is 0.710 bits per heavy atom. The second-order valence-electron chi connectivity index (χ2n) is 16.6. The predicted octanol–water partition coefficient (Wildman–Crippen LogP) is 17.0. The molecule has 0 unspecified atom stereocenters. The van der Waals surface area contributed by atoms with Crippen molar-refractivity contribution in [1.82, 2.24) is 4.98 Å². The maximum atomic E-state index is 4.84. The van der Waals surface area contributed by atoms with E-state index in [1.165, 1.54) is 120 Å². The zero-order chi connectivity index (χ0) is 40.7. The van der Waals surface area contributed by atoms with Crippen LogP contribution in [0.2, 0.25) is 0 Å². The molecule has 0 fully saturated rings. The van der Waals surface area contributed by atoms with Crippen LogP contribution in [0.25, 0.3) is 131 Å². The van der Waals surface area contributed by atoms with Crippen LogP contribution in [-0.4, -0.2) is 4.98 Å². The van der Waals surface area contributed by atoms with Crippen molar-refractivity contribution in [1.29, 1.82) is 0 Å². The number of pyridine rings is 1. The molecular weight excluding hydrogens is 747 g/mol. The van der Waals surface area contributed by atoms with Crippen LogP contribution >= 0.6 is 0 Å². The van der Waals surface area contributed by atoms with Crippen LogP contribution in [-0.2, 0) is 0 Å². The van der Waals surface area contributed by atoms with E-state index < -0.39 is 0 Å². The summed E-state index contributed by atoms with van der Waals surface area (Å²) in [6.45, 7) is 0. The monoisotopic (exact) mass is 783 g/mol. The summed E-state index contributed by atoms with van der Waals surface area (Å²) in [5, 5.41) is 18.6. The maximum absolute atomic E-state index is 4.84. The third-order valence-corrected chi connectivity index (χ3v) is 13.2. The summed E-state index contributed by atoms with van der Waals surface area (Å²) >= 11 is 0. The Balaban J connectivity index is 1.10. The Kier molecular flexibility index (Phi) is 7.67. The maximum Gasteiger partial charge on any atom is 0.0786 e. The molecule has 0 aliphatic heterocycles. The molecule has 13 aromatic rings.